The van der Waals surface area contributed by atoms with E-state index in [-0.39, 0.29) is 0 Å². The van der Waals surface area contributed by atoms with Gasteiger partial charge < -0.3 is 14.4 Å². The van der Waals surface area contributed by atoms with Crippen molar-refractivity contribution in [1.82, 2.24) is 9.97 Å². The predicted molar refractivity (Wildman–Crippen MR) is 73.6 cm³/mol. The Morgan fingerprint density at radius 3 is 2.10 bits per heavy atom. The van der Waals surface area contributed by atoms with Crippen LogP contribution in [-0.2, 0) is 6.54 Å². The fourth-order valence-electron chi connectivity index (χ4n) is 1.80. The molecule has 20 heavy (non-hydrogen) atoms. The number of aromatic nitrogens is 2. The van der Waals surface area contributed by atoms with E-state index >= 15 is 0 Å². The second-order valence-corrected chi connectivity index (χ2v) is 4.28. The number of benzene rings is 1. The Balaban J connectivity index is 2.18. The quantitative estimate of drug-likeness (QED) is 0.839. The molecule has 0 spiro atoms. The third kappa shape index (κ3) is 3.34. The van der Waals surface area contributed by atoms with E-state index in [0.717, 1.165) is 18.0 Å². The van der Waals surface area contributed by atoms with Gasteiger partial charge in [-0.3, -0.25) is 0 Å². The van der Waals surface area contributed by atoms with Crippen molar-refractivity contribution in [3.8, 4) is 11.5 Å². The average Bonchev–Trinajstić information content (AvgIpc) is 2.47. The van der Waals surface area contributed by atoms with Crippen molar-refractivity contribution in [1.29, 1.82) is 0 Å². The molecule has 106 valence electrons. The van der Waals surface area contributed by atoms with Crippen LogP contribution in [0.15, 0.2) is 30.6 Å². The van der Waals surface area contributed by atoms with Gasteiger partial charge in [0.05, 0.1) is 26.6 Å². The third-order valence-electron chi connectivity index (χ3n) is 2.78. The largest absolute Gasteiger partial charge is 0.497 e. The highest BCUT2D eigenvalue weighted by molar-refractivity contribution is 5.40. The lowest BCUT2D eigenvalue weighted by Crippen LogP contribution is -2.19. The summed E-state index contributed by atoms with van der Waals surface area (Å²) in [6, 6.07) is 5.61. The molecule has 1 heterocycles. The summed E-state index contributed by atoms with van der Waals surface area (Å²) in [5.74, 6) is 1.43. The van der Waals surface area contributed by atoms with Gasteiger partial charge in [-0.15, -0.1) is 0 Å². The van der Waals surface area contributed by atoms with E-state index in [1.165, 1.54) is 0 Å². The number of ether oxygens (including phenoxy) is 2. The molecule has 6 heteroatoms. The fraction of sp³-hybridized carbons (Fsp3) is 0.286. The normalized spacial score (nSPS) is 10.2. The van der Waals surface area contributed by atoms with E-state index in [1.54, 1.807) is 20.3 Å². The summed E-state index contributed by atoms with van der Waals surface area (Å²) in [5, 5.41) is 0. The van der Waals surface area contributed by atoms with Gasteiger partial charge in [0.25, 0.3) is 0 Å². The predicted octanol–water partition coefficient (Wildman–Crippen LogP) is 2.27. The summed E-state index contributed by atoms with van der Waals surface area (Å²) in [6.07, 6.45) is 2.29. The van der Waals surface area contributed by atoms with Crippen molar-refractivity contribution in [2.24, 2.45) is 0 Å². The molecule has 0 unspecified atom stereocenters. The van der Waals surface area contributed by atoms with Gasteiger partial charge in [0.15, 0.2) is 5.82 Å². The zero-order valence-corrected chi connectivity index (χ0v) is 11.6. The van der Waals surface area contributed by atoms with Gasteiger partial charge in [-0.25, -0.2) is 14.4 Å². The van der Waals surface area contributed by atoms with Crippen molar-refractivity contribution in [3.63, 3.8) is 0 Å². The zero-order chi connectivity index (χ0) is 14.5. The Kier molecular flexibility index (Phi) is 4.34. The Morgan fingerprint density at radius 2 is 1.60 bits per heavy atom. The monoisotopic (exact) mass is 277 g/mol. The van der Waals surface area contributed by atoms with Crippen molar-refractivity contribution in [3.05, 3.63) is 42.0 Å². The summed E-state index contributed by atoms with van der Waals surface area (Å²) >= 11 is 0. The van der Waals surface area contributed by atoms with Gasteiger partial charge in [0, 0.05) is 19.7 Å². The Bertz CT molecular complexity index is 553. The second kappa shape index (κ2) is 6.18. The first-order valence-electron chi connectivity index (χ1n) is 6.03. The number of anilines is 1. The molecule has 0 radical (unpaired) electrons. The van der Waals surface area contributed by atoms with Crippen molar-refractivity contribution in [2.75, 3.05) is 26.2 Å². The summed E-state index contributed by atoms with van der Waals surface area (Å²) in [5.41, 5.74) is 0.983. The standard InChI is InChI=1S/C14H16FN3O2/c1-18(14-16-7-11(15)8-17-14)9-10-4-12(19-2)6-13(5-10)20-3/h4-8H,9H2,1-3H3. The lowest BCUT2D eigenvalue weighted by Gasteiger charge is -2.17. The molecule has 0 fully saturated rings. The number of nitrogens with zero attached hydrogens (tertiary/aromatic N) is 3. The maximum Gasteiger partial charge on any atom is 0.225 e. The molecule has 2 rings (SSSR count). The molecule has 0 aliphatic rings. The lowest BCUT2D eigenvalue weighted by molar-refractivity contribution is 0.393. The van der Waals surface area contributed by atoms with Crippen LogP contribution in [0.25, 0.3) is 0 Å². The summed E-state index contributed by atoms with van der Waals surface area (Å²) in [4.78, 5) is 9.69. The maximum absolute atomic E-state index is 12.8. The summed E-state index contributed by atoms with van der Waals surface area (Å²) in [6.45, 7) is 0.555. The summed E-state index contributed by atoms with van der Waals surface area (Å²) in [7, 11) is 5.04. The first-order chi connectivity index (χ1) is 9.62. The highest BCUT2D eigenvalue weighted by Gasteiger charge is 2.08. The molecule has 0 amide bonds. The molecular weight excluding hydrogens is 261 g/mol. The third-order valence-corrected chi connectivity index (χ3v) is 2.78. The van der Waals surface area contributed by atoms with E-state index in [2.05, 4.69) is 9.97 Å². The molecule has 1 aromatic heterocycles. The average molecular weight is 277 g/mol. The van der Waals surface area contributed by atoms with Crippen LogP contribution in [0.3, 0.4) is 0 Å². The van der Waals surface area contributed by atoms with Crippen LogP contribution in [0, 0.1) is 5.82 Å². The fourth-order valence-corrected chi connectivity index (χ4v) is 1.80. The Hall–Kier alpha value is -2.37. The second-order valence-electron chi connectivity index (χ2n) is 4.28. The molecule has 1 aromatic carbocycles. The number of halogens is 1. The van der Waals surface area contributed by atoms with E-state index < -0.39 is 5.82 Å². The van der Waals surface area contributed by atoms with Crippen LogP contribution in [0.2, 0.25) is 0 Å². The van der Waals surface area contributed by atoms with E-state index in [0.29, 0.717) is 24.0 Å². The molecule has 0 saturated heterocycles. The minimum absolute atomic E-state index is 0.452. The van der Waals surface area contributed by atoms with Crippen molar-refractivity contribution in [2.45, 2.75) is 6.54 Å². The highest BCUT2D eigenvalue weighted by atomic mass is 19.1. The van der Waals surface area contributed by atoms with Gasteiger partial charge in [-0.2, -0.15) is 0 Å². The highest BCUT2D eigenvalue weighted by Crippen LogP contribution is 2.23. The van der Waals surface area contributed by atoms with Crippen LogP contribution < -0.4 is 14.4 Å². The van der Waals surface area contributed by atoms with Crippen LogP contribution in [0.1, 0.15) is 5.56 Å². The summed E-state index contributed by atoms with van der Waals surface area (Å²) < 4.78 is 23.2. The van der Waals surface area contributed by atoms with Crippen LogP contribution >= 0.6 is 0 Å². The van der Waals surface area contributed by atoms with Crippen molar-refractivity contribution >= 4 is 5.95 Å². The van der Waals surface area contributed by atoms with Gasteiger partial charge >= 0.3 is 0 Å². The number of hydrogen-bond donors (Lipinski definition) is 0. The maximum atomic E-state index is 12.8. The van der Waals surface area contributed by atoms with Gasteiger partial charge in [0.1, 0.15) is 11.5 Å². The molecule has 2 aromatic rings. The van der Waals surface area contributed by atoms with E-state index in [1.807, 2.05) is 24.1 Å². The molecule has 0 atom stereocenters. The molecule has 0 aliphatic carbocycles. The molecule has 0 aliphatic heterocycles. The SMILES string of the molecule is COc1cc(CN(C)c2ncc(F)cn2)cc(OC)c1. The molecule has 0 bridgehead atoms. The molecule has 5 nitrogen and oxygen atoms in total. The first-order valence-corrected chi connectivity index (χ1v) is 6.03. The van der Waals surface area contributed by atoms with Gasteiger partial charge in [0.2, 0.25) is 5.95 Å². The van der Waals surface area contributed by atoms with Gasteiger partial charge in [-0.1, -0.05) is 0 Å². The number of rotatable bonds is 5. The van der Waals surface area contributed by atoms with Crippen molar-refractivity contribution < 1.29 is 13.9 Å². The molecule has 0 N–H and O–H groups in total. The van der Waals surface area contributed by atoms with E-state index in [4.69, 9.17) is 9.47 Å². The van der Waals surface area contributed by atoms with E-state index in [9.17, 15) is 4.39 Å². The number of methoxy groups -OCH3 is 2. The zero-order valence-electron chi connectivity index (χ0n) is 11.6. The van der Waals surface area contributed by atoms with Crippen LogP contribution in [0.4, 0.5) is 10.3 Å². The first kappa shape index (κ1) is 14.0. The van der Waals surface area contributed by atoms with Gasteiger partial charge in [-0.05, 0) is 17.7 Å². The minimum atomic E-state index is -0.454. The van der Waals surface area contributed by atoms with Crippen LogP contribution in [-0.4, -0.2) is 31.2 Å². The smallest absolute Gasteiger partial charge is 0.225 e. The topological polar surface area (TPSA) is 47.5 Å². The lowest BCUT2D eigenvalue weighted by atomic mass is 10.2. The minimum Gasteiger partial charge on any atom is -0.497 e. The molecular formula is C14H16FN3O2. The molecule has 0 saturated carbocycles. The number of hydrogen-bond acceptors (Lipinski definition) is 5. The Morgan fingerprint density at radius 1 is 1.05 bits per heavy atom. The Labute approximate surface area is 117 Å². The van der Waals surface area contributed by atoms with Crippen LogP contribution in [0.5, 0.6) is 11.5 Å².